The van der Waals surface area contributed by atoms with Gasteiger partial charge in [0.05, 0.1) is 5.52 Å². The van der Waals surface area contributed by atoms with Gasteiger partial charge < -0.3 is 8.83 Å². The average Bonchev–Trinajstić information content (AvgIpc) is 3.15. The minimum absolute atomic E-state index is 0.114. The minimum atomic E-state index is -0.525. The monoisotopic (exact) mass is 407 g/mol. The van der Waals surface area contributed by atoms with Crippen LogP contribution in [0.2, 0.25) is 5.02 Å². The van der Waals surface area contributed by atoms with Crippen molar-refractivity contribution in [3.8, 4) is 11.5 Å². The third-order valence-electron chi connectivity index (χ3n) is 4.14. The summed E-state index contributed by atoms with van der Waals surface area (Å²) < 4.78 is 11.0. The molecule has 8 heteroatoms. The van der Waals surface area contributed by atoms with Crippen molar-refractivity contribution in [3.63, 3.8) is 0 Å². The summed E-state index contributed by atoms with van der Waals surface area (Å²) in [6.07, 6.45) is 1.69. The van der Waals surface area contributed by atoms with Crippen molar-refractivity contribution >= 4 is 45.2 Å². The molecule has 6 nitrogen and oxygen atoms in total. The van der Waals surface area contributed by atoms with Crippen LogP contribution in [0.3, 0.4) is 0 Å². The fraction of sp³-hybridized carbons (Fsp3) is 0. The number of benzene rings is 2. The first-order valence-corrected chi connectivity index (χ1v) is 9.46. The van der Waals surface area contributed by atoms with Crippen LogP contribution in [-0.4, -0.2) is 15.2 Å². The quantitative estimate of drug-likeness (QED) is 0.380. The molecule has 0 N–H and O–H groups in total. The Kier molecular flexibility index (Phi) is 4.11. The average molecular weight is 408 g/mol. The smallest absolute Gasteiger partial charge is 0.349 e. The molecule has 0 radical (unpaired) electrons. The first-order valence-electron chi connectivity index (χ1n) is 8.26. The second-order valence-electron chi connectivity index (χ2n) is 5.93. The summed E-state index contributed by atoms with van der Waals surface area (Å²) in [5.41, 5.74) is 0.979. The van der Waals surface area contributed by atoms with Crippen LogP contribution in [0, 0.1) is 0 Å². The van der Waals surface area contributed by atoms with E-state index in [2.05, 4.69) is 15.2 Å². The van der Waals surface area contributed by atoms with E-state index in [1.54, 1.807) is 36.5 Å². The van der Waals surface area contributed by atoms with Crippen LogP contribution < -0.4 is 5.63 Å². The molecule has 0 aliphatic heterocycles. The Bertz CT molecular complexity index is 1400. The highest BCUT2D eigenvalue weighted by atomic mass is 35.5. The first-order chi connectivity index (χ1) is 13.7. The van der Waals surface area contributed by atoms with Crippen molar-refractivity contribution in [1.29, 1.82) is 0 Å². The number of nitrogens with zero attached hydrogens (tertiary/aromatic N) is 3. The lowest BCUT2D eigenvalue weighted by atomic mass is 10.2. The van der Waals surface area contributed by atoms with Gasteiger partial charge in [0.25, 0.3) is 11.1 Å². The van der Waals surface area contributed by atoms with Crippen molar-refractivity contribution in [3.05, 3.63) is 76.2 Å². The normalized spacial score (nSPS) is 11.3. The molecule has 0 saturated carbocycles. The zero-order valence-corrected chi connectivity index (χ0v) is 15.7. The number of hydrogen-bond acceptors (Lipinski definition) is 7. The van der Waals surface area contributed by atoms with Crippen molar-refractivity contribution < 1.29 is 8.83 Å². The lowest BCUT2D eigenvalue weighted by molar-refractivity contribution is 0.462. The Balaban J connectivity index is 1.52. The van der Waals surface area contributed by atoms with Gasteiger partial charge in [0, 0.05) is 26.9 Å². The number of fused-ring (bicyclic) bond motifs is 2. The van der Waals surface area contributed by atoms with Gasteiger partial charge in [0.15, 0.2) is 0 Å². The second kappa shape index (κ2) is 6.78. The number of halogens is 1. The van der Waals surface area contributed by atoms with Gasteiger partial charge in [-0.1, -0.05) is 35.9 Å². The highest BCUT2D eigenvalue weighted by molar-refractivity contribution is 7.99. The first kappa shape index (κ1) is 17.0. The summed E-state index contributed by atoms with van der Waals surface area (Å²) in [4.78, 5) is 17.5. The number of rotatable bonds is 3. The Morgan fingerprint density at radius 1 is 0.964 bits per heavy atom. The summed E-state index contributed by atoms with van der Waals surface area (Å²) in [5.74, 6) is 0.114. The summed E-state index contributed by atoms with van der Waals surface area (Å²) in [7, 11) is 0. The van der Waals surface area contributed by atoms with Crippen molar-refractivity contribution in [2.24, 2.45) is 0 Å². The predicted molar refractivity (Wildman–Crippen MR) is 107 cm³/mol. The summed E-state index contributed by atoms with van der Waals surface area (Å²) in [5, 5.41) is 10.7. The fourth-order valence-corrected chi connectivity index (χ4v) is 3.82. The van der Waals surface area contributed by atoms with Gasteiger partial charge in [-0.25, -0.2) is 4.79 Å². The van der Waals surface area contributed by atoms with Crippen LogP contribution in [0.5, 0.6) is 0 Å². The molecule has 0 spiro atoms. The fourth-order valence-electron chi connectivity index (χ4n) is 2.85. The third kappa shape index (κ3) is 3.04. The van der Waals surface area contributed by atoms with Gasteiger partial charge in [-0.15, -0.1) is 10.2 Å². The molecule has 0 saturated heterocycles. The second-order valence-corrected chi connectivity index (χ2v) is 7.36. The van der Waals surface area contributed by atoms with Crippen molar-refractivity contribution in [2.45, 2.75) is 10.1 Å². The summed E-state index contributed by atoms with van der Waals surface area (Å²) in [6, 6.07) is 16.3. The minimum Gasteiger partial charge on any atom is -0.422 e. The van der Waals surface area contributed by atoms with E-state index in [1.807, 2.05) is 24.3 Å². The van der Waals surface area contributed by atoms with Crippen molar-refractivity contribution in [2.75, 3.05) is 0 Å². The topological polar surface area (TPSA) is 82.0 Å². The number of hydrogen-bond donors (Lipinski definition) is 0. The maximum absolute atomic E-state index is 12.3. The van der Waals surface area contributed by atoms with E-state index in [0.29, 0.717) is 15.8 Å². The molecule has 5 rings (SSSR count). The molecule has 5 aromatic rings. The van der Waals surface area contributed by atoms with Crippen LogP contribution >= 0.6 is 23.4 Å². The third-order valence-corrected chi connectivity index (χ3v) is 5.29. The molecule has 0 fully saturated rings. The molecule has 0 aliphatic rings. The van der Waals surface area contributed by atoms with Gasteiger partial charge in [0.1, 0.15) is 11.1 Å². The van der Waals surface area contributed by atoms with Gasteiger partial charge in [-0.3, -0.25) is 4.98 Å². The molecule has 0 bridgehead atoms. The van der Waals surface area contributed by atoms with Gasteiger partial charge >= 0.3 is 5.63 Å². The van der Waals surface area contributed by atoms with E-state index < -0.39 is 5.63 Å². The van der Waals surface area contributed by atoms with Gasteiger partial charge in [-0.2, -0.15) is 0 Å². The lowest BCUT2D eigenvalue weighted by Gasteiger charge is -2.03. The molecule has 3 heterocycles. The zero-order chi connectivity index (χ0) is 19.1. The maximum atomic E-state index is 12.3. The molecule has 0 atom stereocenters. The number of para-hydroxylation sites is 1. The van der Waals surface area contributed by atoms with Crippen molar-refractivity contribution in [1.82, 2.24) is 15.2 Å². The van der Waals surface area contributed by atoms with Crippen LogP contribution in [0.25, 0.3) is 33.3 Å². The highest BCUT2D eigenvalue weighted by Gasteiger charge is 2.16. The highest BCUT2D eigenvalue weighted by Crippen LogP contribution is 2.34. The molecule has 136 valence electrons. The van der Waals surface area contributed by atoms with E-state index >= 15 is 0 Å². The summed E-state index contributed by atoms with van der Waals surface area (Å²) >= 11 is 7.32. The Hall–Kier alpha value is -3.16. The zero-order valence-electron chi connectivity index (χ0n) is 14.1. The van der Waals surface area contributed by atoms with E-state index in [-0.39, 0.29) is 11.5 Å². The van der Waals surface area contributed by atoms with Crippen LogP contribution in [0.15, 0.2) is 84.5 Å². The molecular formula is C20H10ClN3O3S. The molecule has 2 aromatic carbocycles. The predicted octanol–water partition coefficient (Wildman–Crippen LogP) is 5.20. The van der Waals surface area contributed by atoms with E-state index in [0.717, 1.165) is 21.2 Å². The Morgan fingerprint density at radius 2 is 1.86 bits per heavy atom. The number of aromatic nitrogens is 3. The summed E-state index contributed by atoms with van der Waals surface area (Å²) in [6.45, 7) is 0. The molecule has 3 aromatic heterocycles. The Labute approximate surface area is 167 Å². The van der Waals surface area contributed by atoms with Crippen LogP contribution in [0.1, 0.15) is 0 Å². The van der Waals surface area contributed by atoms with E-state index in [1.165, 1.54) is 11.8 Å². The molecule has 0 unspecified atom stereocenters. The maximum Gasteiger partial charge on any atom is 0.349 e. The molecular weight excluding hydrogens is 398 g/mol. The molecule has 0 aliphatic carbocycles. The largest absolute Gasteiger partial charge is 0.422 e. The van der Waals surface area contributed by atoms with E-state index in [9.17, 15) is 4.79 Å². The van der Waals surface area contributed by atoms with Gasteiger partial charge in [0.2, 0.25) is 0 Å². The molecule has 0 amide bonds. The van der Waals surface area contributed by atoms with E-state index in [4.69, 9.17) is 20.4 Å². The number of pyridine rings is 1. The van der Waals surface area contributed by atoms with Crippen LogP contribution in [-0.2, 0) is 0 Å². The molecule has 28 heavy (non-hydrogen) atoms. The van der Waals surface area contributed by atoms with Crippen LogP contribution in [0.4, 0.5) is 0 Å². The Morgan fingerprint density at radius 3 is 2.79 bits per heavy atom. The van der Waals surface area contributed by atoms with Gasteiger partial charge in [-0.05, 0) is 42.1 Å². The standard InChI is InChI=1S/C20H10ClN3O3S/c21-12-5-6-13-15(10-12)22-8-7-17(13)28-20-24-23-18(27-20)14-9-11-3-1-2-4-16(11)26-19(14)25/h1-10H. The lowest BCUT2D eigenvalue weighted by Crippen LogP contribution is -2.02. The SMILES string of the molecule is O=c1oc2ccccc2cc1-c1nnc(Sc2ccnc3cc(Cl)ccc23)o1.